The third-order valence-electron chi connectivity index (χ3n) is 20.6. The summed E-state index contributed by atoms with van der Waals surface area (Å²) in [5.41, 5.74) is 10.5. The summed E-state index contributed by atoms with van der Waals surface area (Å²) in [7, 11) is 0. The summed E-state index contributed by atoms with van der Waals surface area (Å²) < 4.78 is 63.6. The number of hydrogen-bond donors (Lipinski definition) is 6. The van der Waals surface area contributed by atoms with Crippen molar-refractivity contribution in [2.24, 2.45) is 17.8 Å². The van der Waals surface area contributed by atoms with E-state index in [1.54, 1.807) is 72.0 Å². The molecule has 15 rings (SSSR count). The first-order valence-corrected chi connectivity index (χ1v) is 36.1. The molecule has 9 aromatic carbocycles. The van der Waals surface area contributed by atoms with Gasteiger partial charge in [-0.25, -0.2) is 0 Å². The number of aromatic hydroxyl groups is 6. The normalized spacial score (nSPS) is 20.3. The molecular formula is C84H88F3N3O10S. The molecule has 3 fully saturated rings. The summed E-state index contributed by atoms with van der Waals surface area (Å²) in [5, 5.41) is 60.0. The Hall–Kier alpha value is -9.39. The summed E-state index contributed by atoms with van der Waals surface area (Å²) >= 11 is 1.57. The molecule has 0 bridgehead atoms. The number of nitrogens with zero attached hydrogens (tertiary/aromatic N) is 3. The van der Waals surface area contributed by atoms with Crippen LogP contribution in [0.2, 0.25) is 0 Å². The molecule has 0 amide bonds. The number of hydrogen-bond acceptors (Lipinski definition) is 14. The zero-order chi connectivity index (χ0) is 69.8. The molecule has 1 aromatic heterocycles. The summed E-state index contributed by atoms with van der Waals surface area (Å²) in [6.07, 6.45) is 5.52. The van der Waals surface area contributed by atoms with Crippen LogP contribution in [0.4, 0.5) is 13.2 Å². The van der Waals surface area contributed by atoms with Gasteiger partial charge in [0.15, 0.2) is 5.75 Å². The van der Waals surface area contributed by atoms with Gasteiger partial charge >= 0.3 is 0 Å². The third kappa shape index (κ3) is 17.5. The van der Waals surface area contributed by atoms with Crippen LogP contribution in [0.3, 0.4) is 0 Å². The van der Waals surface area contributed by atoms with E-state index in [4.69, 9.17) is 18.9 Å². The highest BCUT2D eigenvalue weighted by atomic mass is 32.1. The van der Waals surface area contributed by atoms with Crippen LogP contribution in [-0.2, 0) is 12.8 Å². The lowest BCUT2D eigenvalue weighted by Crippen LogP contribution is -2.26. The van der Waals surface area contributed by atoms with Gasteiger partial charge in [-0.2, -0.15) is 0 Å². The van der Waals surface area contributed by atoms with Crippen molar-refractivity contribution in [3.63, 3.8) is 0 Å². The largest absolute Gasteiger partial charge is 0.508 e. The number of ether oxygens (including phenoxy) is 4. The van der Waals surface area contributed by atoms with Gasteiger partial charge in [0.2, 0.25) is 0 Å². The molecule has 13 nitrogen and oxygen atoms in total. The van der Waals surface area contributed by atoms with Crippen molar-refractivity contribution in [2.75, 3.05) is 98.7 Å². The van der Waals surface area contributed by atoms with Gasteiger partial charge in [0, 0.05) is 78.9 Å². The topological polar surface area (TPSA) is 168 Å². The fourth-order valence-corrected chi connectivity index (χ4v) is 16.3. The van der Waals surface area contributed by atoms with Gasteiger partial charge in [-0.1, -0.05) is 60.7 Å². The van der Waals surface area contributed by atoms with Gasteiger partial charge in [0.1, 0.15) is 77.3 Å². The predicted octanol–water partition coefficient (Wildman–Crippen LogP) is 17.3. The van der Waals surface area contributed by atoms with E-state index in [1.807, 2.05) is 115 Å². The Kier molecular flexibility index (Phi) is 22.9. The Morgan fingerprint density at radius 1 is 0.386 bits per heavy atom. The van der Waals surface area contributed by atoms with Crippen molar-refractivity contribution in [3.8, 4) is 73.7 Å². The number of rotatable bonds is 22. The van der Waals surface area contributed by atoms with Crippen LogP contribution in [0.15, 0.2) is 200 Å². The lowest BCUT2D eigenvalue weighted by molar-refractivity contribution is 0.228. The smallest absolute Gasteiger partial charge is 0.153 e. The summed E-state index contributed by atoms with van der Waals surface area (Å²) in [6, 6.07) is 62.7. The second kappa shape index (κ2) is 32.9. The van der Waals surface area contributed by atoms with Gasteiger partial charge in [0.05, 0.1) is 24.9 Å². The van der Waals surface area contributed by atoms with E-state index in [0.29, 0.717) is 42.8 Å². The minimum absolute atomic E-state index is 0.158. The molecule has 5 aliphatic rings. The fraction of sp³-hybridized carbons (Fsp3) is 0.333. The average molecular weight is 1390 g/mol. The molecule has 0 radical (unpaired) electrons. The molecule has 6 N–H and O–H groups in total. The van der Waals surface area contributed by atoms with Crippen molar-refractivity contribution < 1.29 is 62.8 Å². The van der Waals surface area contributed by atoms with Crippen LogP contribution in [0.5, 0.6) is 63.2 Å². The van der Waals surface area contributed by atoms with Crippen LogP contribution in [-0.4, -0.2) is 144 Å². The minimum atomic E-state index is -0.244. The van der Waals surface area contributed by atoms with Gasteiger partial charge in [0.25, 0.3) is 0 Å². The monoisotopic (exact) mass is 1390 g/mol. The molecule has 7 atom stereocenters. The van der Waals surface area contributed by atoms with Gasteiger partial charge in [-0.3, -0.25) is 27.9 Å². The van der Waals surface area contributed by atoms with Crippen LogP contribution in [0.1, 0.15) is 93.9 Å². The second-order valence-corrected chi connectivity index (χ2v) is 28.5. The van der Waals surface area contributed by atoms with Crippen LogP contribution in [0.25, 0.3) is 20.5 Å². The van der Waals surface area contributed by atoms with Gasteiger partial charge in [-0.15, -0.1) is 11.3 Å². The van der Waals surface area contributed by atoms with Crippen molar-refractivity contribution in [2.45, 2.75) is 62.2 Å². The number of benzene rings is 9. The standard InChI is InChI=1S/C29H32FNO3.C28H30FNO3.C27H26FNO4S/c30-18-20-13-14-31(19-20)15-16-34-26-9-3-22(4-10-26)29-27(21-1-6-24(32)7-2-21)11-5-23-17-25(33)8-12-28(23)29;29-17-19-11-12-30(18-19)13-14-33-25-8-3-21(4-9-25)28-26-10-7-24(32)15-22(26)16-27(28)20-1-5-23(31)6-2-20;28-16-18-11-12-29(17-18)13-14-32-22-6-8-23(9-7-22)33-26-24-15-21(31)5-10-25(24)34-27(26)19-1-3-20(30)4-2-19/h1-4,6-10,12,17,20,27,29,32-33H,5,11,13-16,18-19H2;1-10,15,19,27-28,31-32H,11-14,16-18H2;1-10,15,18,30-31H,11-14,16-17H2/t20-,27+,29-;19-,27+,28+;18-/m000/s1. The predicted molar refractivity (Wildman–Crippen MR) is 392 cm³/mol. The number of alkyl halides is 3. The molecule has 0 saturated carbocycles. The van der Waals surface area contributed by atoms with Crippen molar-refractivity contribution >= 4 is 21.4 Å². The Balaban J connectivity index is 0.000000135. The summed E-state index contributed by atoms with van der Waals surface area (Å²) in [5.74, 6) is 6.61. The SMILES string of the molecule is Oc1ccc(-c2sc3ccc(O)cc3c2Oc2ccc(OCCN3CC[C@@H](CF)C3)cc2)cc1.Oc1ccc([C@H]2CCc3cc(O)ccc3[C@H]2c2ccc(OCCN3CC[C@@H](CF)C3)cc2)cc1.Oc1ccc([C@H]2Cc3cc(O)ccc3[C@H]2c2ccc(OCCN3CC[C@@H](CF)C3)cc2)cc1. The van der Waals surface area contributed by atoms with E-state index in [-0.39, 0.29) is 84.4 Å². The van der Waals surface area contributed by atoms with E-state index in [1.165, 1.54) is 38.9 Å². The first-order valence-electron chi connectivity index (χ1n) is 35.3. The maximum atomic E-state index is 12.8. The van der Waals surface area contributed by atoms with Crippen molar-refractivity contribution in [1.29, 1.82) is 0 Å². The Morgan fingerprint density at radius 2 is 0.772 bits per heavy atom. The van der Waals surface area contributed by atoms with E-state index >= 15 is 0 Å². The maximum absolute atomic E-state index is 12.8. The third-order valence-corrected chi connectivity index (χ3v) is 21.8. The van der Waals surface area contributed by atoms with Crippen molar-refractivity contribution in [1.82, 2.24) is 14.7 Å². The Labute approximate surface area is 592 Å². The van der Waals surface area contributed by atoms with Gasteiger partial charge in [-0.05, 0) is 260 Å². The van der Waals surface area contributed by atoms with Crippen LogP contribution in [0, 0.1) is 17.8 Å². The van der Waals surface area contributed by atoms with Crippen LogP contribution < -0.4 is 18.9 Å². The zero-order valence-corrected chi connectivity index (χ0v) is 57.5. The van der Waals surface area contributed by atoms with E-state index < -0.39 is 0 Å². The van der Waals surface area contributed by atoms with Crippen molar-refractivity contribution in [3.05, 3.63) is 245 Å². The molecule has 17 heteroatoms. The second-order valence-electron chi connectivity index (χ2n) is 27.4. The minimum Gasteiger partial charge on any atom is -0.508 e. The quantitative estimate of drug-likeness (QED) is 0.0380. The Morgan fingerprint density at radius 3 is 1.25 bits per heavy atom. The van der Waals surface area contributed by atoms with E-state index in [2.05, 4.69) is 39.0 Å². The molecule has 10 aromatic rings. The average Bonchev–Trinajstić information content (AvgIpc) is 1.76. The first kappa shape index (κ1) is 70.1. The molecule has 526 valence electrons. The highest BCUT2D eigenvalue weighted by molar-refractivity contribution is 7.22. The molecular weight excluding hydrogens is 1300 g/mol. The highest BCUT2D eigenvalue weighted by Crippen LogP contribution is 2.51. The Bertz CT molecular complexity index is 4320. The molecule has 0 spiro atoms. The van der Waals surface area contributed by atoms with E-state index in [9.17, 15) is 43.8 Å². The molecule has 3 aliphatic heterocycles. The highest BCUT2D eigenvalue weighted by Gasteiger charge is 2.36. The number of halogens is 3. The van der Waals surface area contributed by atoms with E-state index in [0.717, 1.165) is 141 Å². The summed E-state index contributed by atoms with van der Waals surface area (Å²) in [6.45, 7) is 8.77. The molecule has 3 saturated heterocycles. The lowest BCUT2D eigenvalue weighted by atomic mass is 9.69. The number of fused-ring (bicyclic) bond motifs is 3. The fourth-order valence-electron chi connectivity index (χ4n) is 15.2. The maximum Gasteiger partial charge on any atom is 0.153 e. The van der Waals surface area contributed by atoms with Gasteiger partial charge < -0.3 is 49.6 Å². The molecule has 0 unspecified atom stereocenters. The number of thiophene rings is 1. The van der Waals surface area contributed by atoms with Crippen LogP contribution >= 0.6 is 11.3 Å². The molecule has 2 aliphatic carbocycles. The number of phenols is 6. The molecule has 101 heavy (non-hydrogen) atoms. The molecule has 4 heterocycles. The zero-order valence-electron chi connectivity index (χ0n) is 56.6. The number of phenolic OH excluding ortho intramolecular Hbond substituents is 6. The number of likely N-dealkylation sites (tertiary alicyclic amines) is 3. The lowest BCUT2D eigenvalue weighted by Gasteiger charge is -2.35. The summed E-state index contributed by atoms with van der Waals surface area (Å²) in [4.78, 5) is 7.70. The first-order chi connectivity index (χ1) is 49.3. The number of aryl methyl sites for hydroxylation is 1.